The lowest BCUT2D eigenvalue weighted by Crippen LogP contribution is -2.09. The summed E-state index contributed by atoms with van der Waals surface area (Å²) in [6.07, 6.45) is 0. The van der Waals surface area contributed by atoms with Crippen molar-refractivity contribution < 1.29 is 9.47 Å². The number of ether oxygens (including phenoxy) is 2. The van der Waals surface area contributed by atoms with E-state index in [1.165, 1.54) is 0 Å². The van der Waals surface area contributed by atoms with Crippen LogP contribution in [-0.2, 0) is 0 Å². The first-order valence-corrected chi connectivity index (χ1v) is 9.52. The van der Waals surface area contributed by atoms with Gasteiger partial charge >= 0.3 is 0 Å². The van der Waals surface area contributed by atoms with Gasteiger partial charge in [0.25, 0.3) is 5.56 Å². The number of aromatic amines is 1. The highest BCUT2D eigenvalue weighted by molar-refractivity contribution is 6.16. The Morgan fingerprint density at radius 1 is 0.967 bits per heavy atom. The third kappa shape index (κ3) is 3.40. The monoisotopic (exact) mass is 424 g/mol. The number of halogens is 1. The molecule has 6 heteroatoms. The lowest BCUT2D eigenvalue weighted by Gasteiger charge is -2.17. The van der Waals surface area contributed by atoms with Crippen LogP contribution in [0.15, 0.2) is 53.3 Å². The molecule has 156 valence electrons. The summed E-state index contributed by atoms with van der Waals surface area (Å²) in [5.74, 6) is 1.30. The fourth-order valence-electron chi connectivity index (χ4n) is 3.94. The molecule has 0 spiro atoms. The van der Waals surface area contributed by atoms with Crippen LogP contribution in [0.1, 0.15) is 24.1 Å². The number of fused-ring (bicyclic) bond motifs is 3. The Kier molecular flexibility index (Phi) is 6.06. The number of methoxy groups -OCH3 is 2. The largest absolute Gasteiger partial charge is 0.496 e. The molecule has 1 heterocycles. The van der Waals surface area contributed by atoms with Gasteiger partial charge in [0, 0.05) is 22.4 Å². The van der Waals surface area contributed by atoms with Gasteiger partial charge in [0.2, 0.25) is 0 Å². The second-order valence-corrected chi connectivity index (χ2v) is 7.27. The van der Waals surface area contributed by atoms with Crippen LogP contribution in [-0.4, -0.2) is 19.2 Å². The minimum Gasteiger partial charge on any atom is -0.496 e. The van der Waals surface area contributed by atoms with Crippen molar-refractivity contribution in [3.63, 3.8) is 0 Å². The fraction of sp³-hybridized carbons (Fsp3) is 0.208. The zero-order valence-corrected chi connectivity index (χ0v) is 18.2. The van der Waals surface area contributed by atoms with Crippen LogP contribution >= 0.6 is 12.4 Å². The standard InChI is InChI=1S/C24H24N2O3.ClH/c1-13-12-19(29-4)20(16-10-8-15(9-11-16)14(2)25)22-17-6-5-7-18(28-3)21(17)24(27)26-23(13)22;/h5-12,14H,25H2,1-4H3,(H,26,27);1H/t14-;/m1./s1. The van der Waals surface area contributed by atoms with Crippen molar-refractivity contribution in [3.05, 3.63) is 70.0 Å². The predicted octanol–water partition coefficient (Wildman–Crippen LogP) is 5.12. The van der Waals surface area contributed by atoms with Crippen molar-refractivity contribution in [1.82, 2.24) is 4.98 Å². The summed E-state index contributed by atoms with van der Waals surface area (Å²) in [5.41, 5.74) is 10.6. The SMILES string of the molecule is COc1cc(C)c2[nH]c(=O)c3c(OC)cccc3c2c1-c1ccc([C@@H](C)N)cc1.Cl. The first kappa shape index (κ1) is 21.7. The van der Waals surface area contributed by atoms with E-state index in [1.54, 1.807) is 20.3 Å². The van der Waals surface area contributed by atoms with Crippen LogP contribution in [0.2, 0.25) is 0 Å². The summed E-state index contributed by atoms with van der Waals surface area (Å²) in [7, 11) is 3.23. The van der Waals surface area contributed by atoms with Crippen molar-refractivity contribution in [3.8, 4) is 22.6 Å². The average molecular weight is 425 g/mol. The number of benzene rings is 3. The second-order valence-electron chi connectivity index (χ2n) is 7.27. The van der Waals surface area contributed by atoms with Gasteiger partial charge in [0.05, 0.1) is 25.1 Å². The molecular weight excluding hydrogens is 400 g/mol. The first-order valence-electron chi connectivity index (χ1n) is 9.52. The Morgan fingerprint density at radius 2 is 1.63 bits per heavy atom. The average Bonchev–Trinajstić information content (AvgIpc) is 2.73. The summed E-state index contributed by atoms with van der Waals surface area (Å²) in [4.78, 5) is 15.9. The normalized spacial score (nSPS) is 11.9. The quantitative estimate of drug-likeness (QED) is 0.446. The Balaban J connectivity index is 0.00000256. The topological polar surface area (TPSA) is 77.3 Å². The summed E-state index contributed by atoms with van der Waals surface area (Å²) in [5, 5.41) is 2.30. The zero-order chi connectivity index (χ0) is 20.7. The molecule has 0 aliphatic carbocycles. The van der Waals surface area contributed by atoms with Crippen LogP contribution in [0.5, 0.6) is 11.5 Å². The molecule has 30 heavy (non-hydrogen) atoms. The molecule has 1 aromatic heterocycles. The summed E-state index contributed by atoms with van der Waals surface area (Å²) < 4.78 is 11.2. The zero-order valence-electron chi connectivity index (χ0n) is 17.4. The number of pyridine rings is 1. The first-order chi connectivity index (χ1) is 14.0. The number of nitrogens with one attached hydrogen (secondary N) is 1. The maximum absolute atomic E-state index is 12.9. The molecule has 0 saturated heterocycles. The maximum Gasteiger partial charge on any atom is 0.260 e. The Morgan fingerprint density at radius 3 is 2.23 bits per heavy atom. The third-order valence-electron chi connectivity index (χ3n) is 5.41. The molecule has 3 aromatic carbocycles. The van der Waals surface area contributed by atoms with Crippen LogP contribution in [0.4, 0.5) is 0 Å². The molecule has 0 amide bonds. The molecule has 4 aromatic rings. The van der Waals surface area contributed by atoms with Crippen molar-refractivity contribution in [2.75, 3.05) is 14.2 Å². The molecule has 5 nitrogen and oxygen atoms in total. The van der Waals surface area contributed by atoms with E-state index in [0.29, 0.717) is 11.1 Å². The molecule has 0 aliphatic rings. The molecule has 1 atom stereocenters. The predicted molar refractivity (Wildman–Crippen MR) is 125 cm³/mol. The van der Waals surface area contributed by atoms with E-state index in [0.717, 1.165) is 44.3 Å². The molecule has 3 N–H and O–H groups in total. The number of aromatic nitrogens is 1. The number of aryl methyl sites for hydroxylation is 1. The second kappa shape index (κ2) is 8.38. The number of hydrogen-bond donors (Lipinski definition) is 2. The highest BCUT2D eigenvalue weighted by atomic mass is 35.5. The lowest BCUT2D eigenvalue weighted by atomic mass is 9.92. The Labute approximate surface area is 181 Å². The molecule has 0 bridgehead atoms. The number of nitrogens with two attached hydrogens (primary N) is 1. The van der Waals surface area contributed by atoms with Gasteiger partial charge in [-0.05, 0) is 42.7 Å². The van der Waals surface area contributed by atoms with E-state index in [1.807, 2.05) is 56.3 Å². The third-order valence-corrected chi connectivity index (χ3v) is 5.41. The van der Waals surface area contributed by atoms with E-state index in [4.69, 9.17) is 15.2 Å². The van der Waals surface area contributed by atoms with Crippen LogP contribution in [0.3, 0.4) is 0 Å². The maximum atomic E-state index is 12.9. The number of H-pyrrole nitrogens is 1. The van der Waals surface area contributed by atoms with Gasteiger partial charge in [-0.15, -0.1) is 12.4 Å². The molecule has 4 rings (SSSR count). The van der Waals surface area contributed by atoms with Crippen LogP contribution in [0, 0.1) is 6.92 Å². The number of rotatable bonds is 4. The van der Waals surface area contributed by atoms with E-state index < -0.39 is 0 Å². The van der Waals surface area contributed by atoms with Crippen molar-refractivity contribution in [2.24, 2.45) is 5.73 Å². The summed E-state index contributed by atoms with van der Waals surface area (Å²) in [6.45, 7) is 3.93. The minimum atomic E-state index is -0.170. The van der Waals surface area contributed by atoms with Crippen molar-refractivity contribution in [2.45, 2.75) is 19.9 Å². The fourth-order valence-corrected chi connectivity index (χ4v) is 3.94. The van der Waals surface area contributed by atoms with Gasteiger partial charge < -0.3 is 20.2 Å². The lowest BCUT2D eigenvalue weighted by molar-refractivity contribution is 0.416. The molecule has 0 unspecified atom stereocenters. The molecular formula is C24H25ClN2O3. The molecule has 0 radical (unpaired) electrons. The smallest absolute Gasteiger partial charge is 0.260 e. The molecule has 0 fully saturated rings. The van der Waals surface area contributed by atoms with Gasteiger partial charge in [-0.2, -0.15) is 0 Å². The number of hydrogen-bond acceptors (Lipinski definition) is 4. The van der Waals surface area contributed by atoms with Crippen molar-refractivity contribution >= 4 is 34.1 Å². The van der Waals surface area contributed by atoms with Gasteiger partial charge in [0.15, 0.2) is 0 Å². The van der Waals surface area contributed by atoms with E-state index in [-0.39, 0.29) is 24.0 Å². The van der Waals surface area contributed by atoms with E-state index in [9.17, 15) is 4.79 Å². The molecule has 0 saturated carbocycles. The summed E-state index contributed by atoms with van der Waals surface area (Å²) >= 11 is 0. The van der Waals surface area contributed by atoms with Crippen LogP contribution in [0.25, 0.3) is 32.8 Å². The van der Waals surface area contributed by atoms with Crippen LogP contribution < -0.4 is 20.8 Å². The van der Waals surface area contributed by atoms with E-state index >= 15 is 0 Å². The van der Waals surface area contributed by atoms with Crippen molar-refractivity contribution in [1.29, 1.82) is 0 Å². The van der Waals surface area contributed by atoms with Gasteiger partial charge in [0.1, 0.15) is 11.5 Å². The van der Waals surface area contributed by atoms with Gasteiger partial charge in [-0.3, -0.25) is 4.79 Å². The highest BCUT2D eigenvalue weighted by Gasteiger charge is 2.19. The summed E-state index contributed by atoms with van der Waals surface area (Å²) in [6, 6.07) is 15.7. The highest BCUT2D eigenvalue weighted by Crippen LogP contribution is 2.42. The molecule has 0 aliphatic heterocycles. The van der Waals surface area contributed by atoms with E-state index in [2.05, 4.69) is 4.98 Å². The van der Waals surface area contributed by atoms with Gasteiger partial charge in [-0.1, -0.05) is 36.4 Å². The Hall–Kier alpha value is -3.02. The Bertz CT molecular complexity index is 1280. The minimum absolute atomic E-state index is 0. The van der Waals surface area contributed by atoms with Gasteiger partial charge in [-0.25, -0.2) is 0 Å².